The summed E-state index contributed by atoms with van der Waals surface area (Å²) in [7, 11) is 0. The molecule has 1 aliphatic heterocycles. The second kappa shape index (κ2) is 6.91. The van der Waals surface area contributed by atoms with Crippen LogP contribution < -0.4 is 5.73 Å². The summed E-state index contributed by atoms with van der Waals surface area (Å²) in [6.07, 6.45) is 4.01. The zero-order chi connectivity index (χ0) is 14.7. The zero-order valence-corrected chi connectivity index (χ0v) is 13.3. The standard InChI is InChI=1S/C18H29N3/c1-2-15-5-7-17(8-6-15)18(13-19)21-11-9-20(10-12-21)14-16-3-4-16/h5-8,16,18H,2-4,9-14,19H2,1H3. The highest BCUT2D eigenvalue weighted by molar-refractivity contribution is 5.25. The Hall–Kier alpha value is -0.900. The fourth-order valence-corrected chi connectivity index (χ4v) is 3.39. The largest absolute Gasteiger partial charge is 0.329 e. The van der Waals surface area contributed by atoms with Gasteiger partial charge in [-0.15, -0.1) is 0 Å². The van der Waals surface area contributed by atoms with E-state index < -0.39 is 0 Å². The Labute approximate surface area is 129 Å². The van der Waals surface area contributed by atoms with Crippen LogP contribution in [0.3, 0.4) is 0 Å². The van der Waals surface area contributed by atoms with Gasteiger partial charge in [0.15, 0.2) is 0 Å². The first kappa shape index (κ1) is 15.0. The molecule has 1 atom stereocenters. The number of hydrogen-bond donors (Lipinski definition) is 1. The smallest absolute Gasteiger partial charge is 0.0471 e. The minimum Gasteiger partial charge on any atom is -0.329 e. The SMILES string of the molecule is CCc1ccc(C(CN)N2CCN(CC3CC3)CC2)cc1. The van der Waals surface area contributed by atoms with Crippen LogP contribution in [-0.4, -0.2) is 49.1 Å². The molecule has 1 saturated heterocycles. The minimum absolute atomic E-state index is 0.388. The van der Waals surface area contributed by atoms with Gasteiger partial charge in [0.05, 0.1) is 0 Å². The summed E-state index contributed by atoms with van der Waals surface area (Å²) in [5.41, 5.74) is 8.86. The molecule has 3 rings (SSSR count). The lowest BCUT2D eigenvalue weighted by atomic mass is 10.0. The molecule has 1 aromatic carbocycles. The van der Waals surface area contributed by atoms with Crippen molar-refractivity contribution in [2.75, 3.05) is 39.3 Å². The van der Waals surface area contributed by atoms with Crippen molar-refractivity contribution in [1.29, 1.82) is 0 Å². The van der Waals surface area contributed by atoms with Crippen molar-refractivity contribution < 1.29 is 0 Å². The first-order valence-corrected chi connectivity index (χ1v) is 8.55. The Morgan fingerprint density at radius 1 is 1.10 bits per heavy atom. The molecule has 1 aromatic rings. The summed E-state index contributed by atoms with van der Waals surface area (Å²) >= 11 is 0. The van der Waals surface area contributed by atoms with Gasteiger partial charge in [0, 0.05) is 45.3 Å². The monoisotopic (exact) mass is 287 g/mol. The van der Waals surface area contributed by atoms with Crippen molar-refractivity contribution in [2.24, 2.45) is 11.7 Å². The Morgan fingerprint density at radius 2 is 1.76 bits per heavy atom. The van der Waals surface area contributed by atoms with Crippen LogP contribution in [0, 0.1) is 5.92 Å². The fraction of sp³-hybridized carbons (Fsp3) is 0.667. The summed E-state index contributed by atoms with van der Waals surface area (Å²) in [5.74, 6) is 1.00. The second-order valence-electron chi connectivity index (χ2n) is 6.63. The van der Waals surface area contributed by atoms with Crippen LogP contribution in [0.1, 0.15) is 36.9 Å². The number of hydrogen-bond acceptors (Lipinski definition) is 3. The van der Waals surface area contributed by atoms with Gasteiger partial charge in [0.25, 0.3) is 0 Å². The first-order valence-electron chi connectivity index (χ1n) is 8.55. The van der Waals surface area contributed by atoms with Gasteiger partial charge in [0.2, 0.25) is 0 Å². The summed E-state index contributed by atoms with van der Waals surface area (Å²) in [6, 6.07) is 9.43. The van der Waals surface area contributed by atoms with Gasteiger partial charge in [-0.05, 0) is 36.3 Å². The van der Waals surface area contributed by atoms with Crippen molar-refractivity contribution in [3.63, 3.8) is 0 Å². The Kier molecular flexibility index (Phi) is 4.94. The normalized spacial score (nSPS) is 22.4. The van der Waals surface area contributed by atoms with Gasteiger partial charge < -0.3 is 10.6 Å². The van der Waals surface area contributed by atoms with E-state index in [9.17, 15) is 0 Å². The average Bonchev–Trinajstić information content (AvgIpc) is 3.34. The van der Waals surface area contributed by atoms with E-state index in [0.29, 0.717) is 12.6 Å². The number of nitrogens with two attached hydrogens (primary N) is 1. The summed E-state index contributed by atoms with van der Waals surface area (Å²) in [6.45, 7) is 8.98. The lowest BCUT2D eigenvalue weighted by Gasteiger charge is -2.39. The molecule has 21 heavy (non-hydrogen) atoms. The van der Waals surface area contributed by atoms with E-state index in [4.69, 9.17) is 5.73 Å². The number of aryl methyl sites for hydroxylation is 1. The van der Waals surface area contributed by atoms with Crippen LogP contribution in [0.25, 0.3) is 0 Å². The summed E-state index contributed by atoms with van der Waals surface area (Å²) in [5, 5.41) is 0. The van der Waals surface area contributed by atoms with Crippen LogP contribution in [-0.2, 0) is 6.42 Å². The minimum atomic E-state index is 0.388. The van der Waals surface area contributed by atoms with E-state index in [1.807, 2.05) is 0 Å². The van der Waals surface area contributed by atoms with Crippen LogP contribution in [0.2, 0.25) is 0 Å². The van der Waals surface area contributed by atoms with Crippen molar-refractivity contribution >= 4 is 0 Å². The number of piperazine rings is 1. The van der Waals surface area contributed by atoms with Gasteiger partial charge in [-0.3, -0.25) is 4.90 Å². The lowest BCUT2D eigenvalue weighted by molar-refractivity contribution is 0.0956. The molecule has 116 valence electrons. The maximum absolute atomic E-state index is 6.08. The third-order valence-electron chi connectivity index (χ3n) is 5.06. The van der Waals surface area contributed by atoms with Gasteiger partial charge in [-0.1, -0.05) is 31.2 Å². The first-order chi connectivity index (χ1) is 10.3. The number of benzene rings is 1. The van der Waals surface area contributed by atoms with E-state index in [1.54, 1.807) is 0 Å². The molecule has 0 radical (unpaired) electrons. The topological polar surface area (TPSA) is 32.5 Å². The molecule has 1 aliphatic carbocycles. The maximum atomic E-state index is 6.08. The van der Waals surface area contributed by atoms with E-state index >= 15 is 0 Å². The van der Waals surface area contributed by atoms with Crippen LogP contribution in [0.4, 0.5) is 0 Å². The summed E-state index contributed by atoms with van der Waals surface area (Å²) in [4.78, 5) is 5.21. The van der Waals surface area contributed by atoms with E-state index in [0.717, 1.165) is 25.4 Å². The molecule has 0 bridgehead atoms. The highest BCUT2D eigenvalue weighted by atomic mass is 15.3. The summed E-state index contributed by atoms with van der Waals surface area (Å²) < 4.78 is 0. The molecule has 3 nitrogen and oxygen atoms in total. The Morgan fingerprint density at radius 3 is 2.29 bits per heavy atom. The average molecular weight is 287 g/mol. The maximum Gasteiger partial charge on any atom is 0.0471 e. The predicted octanol–water partition coefficient (Wildman–Crippen LogP) is 2.28. The van der Waals surface area contributed by atoms with E-state index in [-0.39, 0.29) is 0 Å². The second-order valence-corrected chi connectivity index (χ2v) is 6.63. The molecule has 2 N–H and O–H groups in total. The quantitative estimate of drug-likeness (QED) is 0.871. The molecule has 0 spiro atoms. The number of nitrogens with zero attached hydrogens (tertiary/aromatic N) is 2. The van der Waals surface area contributed by atoms with Gasteiger partial charge in [-0.2, -0.15) is 0 Å². The molecule has 1 saturated carbocycles. The van der Waals surface area contributed by atoms with Crippen molar-refractivity contribution in [1.82, 2.24) is 9.80 Å². The van der Waals surface area contributed by atoms with Gasteiger partial charge in [0.1, 0.15) is 0 Å². The Balaban J connectivity index is 1.57. The van der Waals surface area contributed by atoms with Crippen LogP contribution >= 0.6 is 0 Å². The molecule has 0 amide bonds. The molecule has 2 aliphatic rings. The molecule has 0 aromatic heterocycles. The van der Waals surface area contributed by atoms with Crippen LogP contribution in [0.15, 0.2) is 24.3 Å². The van der Waals surface area contributed by atoms with Crippen LogP contribution in [0.5, 0.6) is 0 Å². The zero-order valence-electron chi connectivity index (χ0n) is 13.3. The van der Waals surface area contributed by atoms with Gasteiger partial charge >= 0.3 is 0 Å². The molecule has 1 heterocycles. The molecule has 3 heteroatoms. The molecule has 1 unspecified atom stereocenters. The molecule has 2 fully saturated rings. The van der Waals surface area contributed by atoms with E-state index in [1.165, 1.54) is 43.6 Å². The van der Waals surface area contributed by atoms with Crippen molar-refractivity contribution in [3.05, 3.63) is 35.4 Å². The number of rotatable bonds is 6. The third kappa shape index (κ3) is 3.85. The molecular formula is C18H29N3. The Bertz CT molecular complexity index is 430. The third-order valence-corrected chi connectivity index (χ3v) is 5.06. The highest BCUT2D eigenvalue weighted by Gasteiger charge is 2.28. The van der Waals surface area contributed by atoms with Gasteiger partial charge in [-0.25, -0.2) is 0 Å². The highest BCUT2D eigenvalue weighted by Crippen LogP contribution is 2.30. The fourth-order valence-electron chi connectivity index (χ4n) is 3.39. The predicted molar refractivity (Wildman–Crippen MR) is 88.4 cm³/mol. The van der Waals surface area contributed by atoms with Crippen molar-refractivity contribution in [3.8, 4) is 0 Å². The molecular weight excluding hydrogens is 258 g/mol. The lowest BCUT2D eigenvalue weighted by Crippen LogP contribution is -2.49. The van der Waals surface area contributed by atoms with Crippen molar-refractivity contribution in [2.45, 2.75) is 32.2 Å². The van der Waals surface area contributed by atoms with E-state index in [2.05, 4.69) is 41.0 Å².